The fraction of sp³-hybridized carbons (Fsp3) is 0.444. The molecule has 140 valence electrons. The molecule has 1 heterocycles. The van der Waals surface area contributed by atoms with E-state index >= 15 is 0 Å². The van der Waals surface area contributed by atoms with Gasteiger partial charge in [0.05, 0.1) is 5.56 Å². The summed E-state index contributed by atoms with van der Waals surface area (Å²) >= 11 is 0. The molecule has 2 atom stereocenters. The second-order valence-electron chi connectivity index (χ2n) is 6.58. The number of hydroxylamine groups is 1. The minimum atomic E-state index is -3.76. The highest BCUT2D eigenvalue weighted by Gasteiger charge is 2.45. The van der Waals surface area contributed by atoms with Gasteiger partial charge < -0.3 is 0 Å². The Labute approximate surface area is 152 Å². The van der Waals surface area contributed by atoms with E-state index in [4.69, 9.17) is 5.21 Å². The van der Waals surface area contributed by atoms with E-state index in [1.54, 1.807) is 19.1 Å². The van der Waals surface area contributed by atoms with E-state index in [-0.39, 0.29) is 12.3 Å². The molecule has 0 spiro atoms. The van der Waals surface area contributed by atoms with E-state index < -0.39 is 26.3 Å². The van der Waals surface area contributed by atoms with E-state index in [1.807, 2.05) is 0 Å². The predicted molar refractivity (Wildman–Crippen MR) is 96.3 cm³/mol. The van der Waals surface area contributed by atoms with Crippen LogP contribution in [0.5, 0.6) is 0 Å². The number of amides is 1. The van der Waals surface area contributed by atoms with Crippen molar-refractivity contribution in [3.63, 3.8) is 0 Å². The number of rotatable bonds is 5. The summed E-state index contributed by atoms with van der Waals surface area (Å²) in [5.74, 6) is 3.69. The van der Waals surface area contributed by atoms with Crippen LogP contribution in [0.2, 0.25) is 0 Å². The van der Waals surface area contributed by atoms with Crippen LogP contribution in [-0.4, -0.2) is 42.8 Å². The number of nitrogens with zero attached hydrogens (tertiary/aromatic N) is 1. The van der Waals surface area contributed by atoms with E-state index in [9.17, 15) is 17.6 Å². The van der Waals surface area contributed by atoms with E-state index in [0.717, 1.165) is 6.26 Å². The highest BCUT2D eigenvalue weighted by Crippen LogP contribution is 2.31. The number of hydrogen-bond donors (Lipinski definition) is 2. The van der Waals surface area contributed by atoms with Crippen LogP contribution in [-0.2, 0) is 14.6 Å². The smallest absolute Gasteiger partial charge is 0.264 e. The van der Waals surface area contributed by atoms with Gasteiger partial charge in [0.25, 0.3) is 5.91 Å². The Morgan fingerprint density at radius 3 is 2.73 bits per heavy atom. The van der Waals surface area contributed by atoms with Gasteiger partial charge in [0.1, 0.15) is 10.6 Å². The van der Waals surface area contributed by atoms with Gasteiger partial charge in [0.15, 0.2) is 9.84 Å². The van der Waals surface area contributed by atoms with E-state index in [2.05, 4.69) is 16.8 Å². The van der Waals surface area contributed by atoms with Crippen LogP contribution in [0, 0.1) is 23.6 Å². The zero-order valence-corrected chi connectivity index (χ0v) is 15.7. The number of carbonyl (C=O) groups is 1. The molecule has 1 aromatic carbocycles. The van der Waals surface area contributed by atoms with Crippen molar-refractivity contribution in [1.29, 1.82) is 0 Å². The number of sulfone groups is 1. The molecule has 0 saturated heterocycles. The Bertz CT molecular complexity index is 915. The molecule has 2 unspecified atom stereocenters. The van der Waals surface area contributed by atoms with Gasteiger partial charge in [-0.25, -0.2) is 18.3 Å². The molecular formula is C18H21FN2O4S. The SMILES string of the molecule is CC#Cc1ccc(C2=NCC(CC(C)(C(=O)NO)S(C)(=O)=O)C2)cc1F. The fourth-order valence-electron chi connectivity index (χ4n) is 3.00. The molecule has 26 heavy (non-hydrogen) atoms. The second kappa shape index (κ2) is 7.56. The van der Waals surface area contributed by atoms with Gasteiger partial charge >= 0.3 is 0 Å². The molecule has 1 aliphatic rings. The molecule has 0 saturated carbocycles. The standard InChI is InChI=1S/C18H21FN2O4S/c1-4-5-13-6-7-14(9-15(13)19)16-8-12(11-20-16)10-18(2,17(22)21-23)26(3,24)25/h6-7,9,12,23H,8,10-11H2,1-3H3,(H,21,22). The summed E-state index contributed by atoms with van der Waals surface area (Å²) in [6, 6.07) is 4.66. The lowest BCUT2D eigenvalue weighted by atomic mass is 9.90. The molecule has 8 heteroatoms. The predicted octanol–water partition coefficient (Wildman–Crippen LogP) is 1.70. The third kappa shape index (κ3) is 3.94. The maximum Gasteiger partial charge on any atom is 0.264 e. The lowest BCUT2D eigenvalue weighted by Crippen LogP contribution is -2.50. The molecule has 0 aromatic heterocycles. The average molecular weight is 380 g/mol. The first-order chi connectivity index (χ1) is 12.1. The summed E-state index contributed by atoms with van der Waals surface area (Å²) in [6.45, 7) is 3.24. The Morgan fingerprint density at radius 1 is 1.50 bits per heavy atom. The molecule has 1 aromatic rings. The van der Waals surface area contributed by atoms with Gasteiger partial charge in [-0.3, -0.25) is 15.0 Å². The Morgan fingerprint density at radius 2 is 2.19 bits per heavy atom. The molecule has 1 aliphatic heterocycles. The normalized spacial score (nSPS) is 19.1. The molecule has 2 rings (SSSR count). The molecule has 0 radical (unpaired) electrons. The fourth-order valence-corrected chi connectivity index (χ4v) is 3.92. The van der Waals surface area contributed by atoms with Gasteiger partial charge in [0.2, 0.25) is 0 Å². The van der Waals surface area contributed by atoms with Gasteiger partial charge in [-0.2, -0.15) is 0 Å². The summed E-state index contributed by atoms with van der Waals surface area (Å²) in [5.41, 5.74) is 3.01. The van der Waals surface area contributed by atoms with E-state index in [1.165, 1.54) is 18.5 Å². The number of hydrogen-bond acceptors (Lipinski definition) is 5. The van der Waals surface area contributed by atoms with Crippen molar-refractivity contribution in [2.45, 2.75) is 31.4 Å². The van der Waals surface area contributed by atoms with Crippen molar-refractivity contribution in [1.82, 2.24) is 5.48 Å². The lowest BCUT2D eigenvalue weighted by molar-refractivity contribution is -0.131. The maximum absolute atomic E-state index is 14.0. The first kappa shape index (κ1) is 20.1. The van der Waals surface area contributed by atoms with Crippen molar-refractivity contribution < 1.29 is 22.8 Å². The van der Waals surface area contributed by atoms with Crippen molar-refractivity contribution in [3.8, 4) is 11.8 Å². The van der Waals surface area contributed by atoms with Gasteiger partial charge in [-0.15, -0.1) is 5.92 Å². The summed E-state index contributed by atoms with van der Waals surface area (Å²) in [4.78, 5) is 16.3. The summed E-state index contributed by atoms with van der Waals surface area (Å²) in [5, 5.41) is 8.89. The van der Waals surface area contributed by atoms with Crippen LogP contribution in [0.15, 0.2) is 23.2 Å². The van der Waals surface area contributed by atoms with Crippen molar-refractivity contribution in [3.05, 3.63) is 35.1 Å². The third-order valence-electron chi connectivity index (χ3n) is 4.66. The summed E-state index contributed by atoms with van der Waals surface area (Å²) < 4.78 is 36.4. The van der Waals surface area contributed by atoms with Crippen molar-refractivity contribution >= 4 is 21.5 Å². The number of carbonyl (C=O) groups excluding carboxylic acids is 1. The Balaban J connectivity index is 2.18. The van der Waals surface area contributed by atoms with E-state index in [0.29, 0.717) is 29.8 Å². The second-order valence-corrected chi connectivity index (χ2v) is 9.02. The van der Waals surface area contributed by atoms with Gasteiger partial charge in [0, 0.05) is 18.5 Å². The zero-order valence-electron chi connectivity index (χ0n) is 14.8. The van der Waals surface area contributed by atoms with Gasteiger partial charge in [-0.1, -0.05) is 12.0 Å². The van der Waals surface area contributed by atoms with Crippen molar-refractivity contribution in [2.24, 2.45) is 10.9 Å². The number of benzene rings is 1. The molecule has 2 N–H and O–H groups in total. The first-order valence-electron chi connectivity index (χ1n) is 8.02. The molecule has 6 nitrogen and oxygen atoms in total. The Hall–Kier alpha value is -2.24. The number of nitrogens with one attached hydrogen (secondary N) is 1. The number of halogens is 1. The molecule has 0 fully saturated rings. The zero-order chi connectivity index (χ0) is 19.5. The quantitative estimate of drug-likeness (QED) is 0.462. The molecule has 0 bridgehead atoms. The van der Waals surface area contributed by atoms with Crippen LogP contribution < -0.4 is 5.48 Å². The van der Waals surface area contributed by atoms with Crippen molar-refractivity contribution in [2.75, 3.05) is 12.8 Å². The minimum Gasteiger partial charge on any atom is -0.289 e. The summed E-state index contributed by atoms with van der Waals surface area (Å²) in [6.07, 6.45) is 1.39. The van der Waals surface area contributed by atoms with Crippen LogP contribution in [0.1, 0.15) is 37.8 Å². The van der Waals surface area contributed by atoms with Gasteiger partial charge in [-0.05, 0) is 50.3 Å². The molecule has 1 amide bonds. The van der Waals surface area contributed by atoms with Crippen LogP contribution in [0.25, 0.3) is 0 Å². The highest BCUT2D eigenvalue weighted by atomic mass is 32.2. The Kier molecular flexibility index (Phi) is 5.84. The third-order valence-corrected chi connectivity index (χ3v) is 6.65. The van der Waals surface area contributed by atoms with Crippen LogP contribution in [0.3, 0.4) is 0 Å². The number of aliphatic imine (C=N–C) groups is 1. The lowest BCUT2D eigenvalue weighted by Gasteiger charge is -2.27. The molecular weight excluding hydrogens is 359 g/mol. The summed E-state index contributed by atoms with van der Waals surface area (Å²) in [7, 11) is -3.76. The topological polar surface area (TPSA) is 95.8 Å². The highest BCUT2D eigenvalue weighted by molar-refractivity contribution is 7.92. The maximum atomic E-state index is 14.0. The molecule has 0 aliphatic carbocycles. The monoisotopic (exact) mass is 380 g/mol. The van der Waals surface area contributed by atoms with Crippen LogP contribution in [0.4, 0.5) is 4.39 Å². The first-order valence-corrected chi connectivity index (χ1v) is 9.91. The van der Waals surface area contributed by atoms with Crippen LogP contribution >= 0.6 is 0 Å². The largest absolute Gasteiger partial charge is 0.289 e. The minimum absolute atomic E-state index is 0.00705. The average Bonchev–Trinajstić information content (AvgIpc) is 3.03.